The van der Waals surface area contributed by atoms with E-state index in [0.717, 1.165) is 24.1 Å². The summed E-state index contributed by atoms with van der Waals surface area (Å²) >= 11 is 0. The first-order chi connectivity index (χ1) is 8.63. The molecule has 0 saturated carbocycles. The molecule has 0 radical (unpaired) electrons. The Morgan fingerprint density at radius 2 is 1.94 bits per heavy atom. The Bertz CT molecular complexity index is 431. The molecule has 0 spiro atoms. The summed E-state index contributed by atoms with van der Waals surface area (Å²) in [6, 6.07) is 8.23. The number of guanidine groups is 1. The molecule has 0 unspecified atom stereocenters. The van der Waals surface area contributed by atoms with Gasteiger partial charge in [-0.2, -0.15) is 5.10 Å². The molecule has 4 nitrogen and oxygen atoms in total. The summed E-state index contributed by atoms with van der Waals surface area (Å²) in [4.78, 5) is 0. The van der Waals surface area contributed by atoms with Crippen LogP contribution in [-0.4, -0.2) is 11.7 Å². The molecule has 1 rings (SSSR count). The van der Waals surface area contributed by atoms with E-state index in [1.807, 2.05) is 12.1 Å². The van der Waals surface area contributed by atoms with Crippen molar-refractivity contribution in [3.05, 3.63) is 35.4 Å². The number of aryl methyl sites for hydroxylation is 1. The van der Waals surface area contributed by atoms with Crippen molar-refractivity contribution in [2.24, 2.45) is 21.7 Å². The highest BCUT2D eigenvalue weighted by atomic mass is 15.3. The summed E-state index contributed by atoms with van der Waals surface area (Å²) in [6.45, 7) is 4.24. The van der Waals surface area contributed by atoms with Gasteiger partial charge in [-0.15, -0.1) is 5.10 Å². The fourth-order valence-electron chi connectivity index (χ4n) is 1.74. The Kier molecular flexibility index (Phi) is 5.91. The molecular formula is C14H22N4. The minimum atomic E-state index is -0.00403. The van der Waals surface area contributed by atoms with Crippen molar-refractivity contribution in [2.45, 2.75) is 39.5 Å². The van der Waals surface area contributed by atoms with Crippen LogP contribution in [-0.2, 0) is 0 Å². The first-order valence-corrected chi connectivity index (χ1v) is 6.36. The van der Waals surface area contributed by atoms with Gasteiger partial charge in [-0.3, -0.25) is 0 Å². The summed E-state index contributed by atoms with van der Waals surface area (Å²) in [6.07, 6.45) is 4.37. The lowest BCUT2D eigenvalue weighted by molar-refractivity contribution is 0.741. The molecule has 0 aliphatic rings. The quantitative estimate of drug-likeness (QED) is 0.350. The zero-order valence-electron chi connectivity index (χ0n) is 11.2. The van der Waals surface area contributed by atoms with Crippen molar-refractivity contribution in [1.29, 1.82) is 0 Å². The molecule has 0 aliphatic heterocycles. The lowest BCUT2D eigenvalue weighted by Crippen LogP contribution is -2.22. The number of hydrogen-bond acceptors (Lipinski definition) is 2. The van der Waals surface area contributed by atoms with Gasteiger partial charge in [-0.25, -0.2) is 0 Å². The topological polar surface area (TPSA) is 76.8 Å². The van der Waals surface area contributed by atoms with Crippen LogP contribution >= 0.6 is 0 Å². The molecule has 1 aromatic rings. The highest BCUT2D eigenvalue weighted by Gasteiger charge is 2.04. The molecule has 0 aromatic heterocycles. The molecule has 0 atom stereocenters. The summed E-state index contributed by atoms with van der Waals surface area (Å²) < 4.78 is 0. The molecule has 98 valence electrons. The SMILES string of the molecule is CCCCC/C(=N/N=C(N)N)c1cccc(C)c1. The van der Waals surface area contributed by atoms with Crippen LogP contribution in [0, 0.1) is 6.92 Å². The highest BCUT2D eigenvalue weighted by Crippen LogP contribution is 2.11. The van der Waals surface area contributed by atoms with E-state index >= 15 is 0 Å². The van der Waals surface area contributed by atoms with E-state index in [-0.39, 0.29) is 5.96 Å². The maximum atomic E-state index is 5.32. The van der Waals surface area contributed by atoms with Gasteiger partial charge < -0.3 is 11.5 Å². The van der Waals surface area contributed by atoms with Crippen molar-refractivity contribution in [3.8, 4) is 0 Å². The summed E-state index contributed by atoms with van der Waals surface area (Å²) in [5.74, 6) is -0.00403. The van der Waals surface area contributed by atoms with Crippen LogP contribution in [0.4, 0.5) is 0 Å². The standard InChI is InChI=1S/C14H22N4/c1-3-4-5-9-13(17-18-14(15)16)12-8-6-7-11(2)10-12/h6-8,10H,3-5,9H2,1-2H3,(H4,15,16,18)/b17-13-. The number of hydrogen-bond donors (Lipinski definition) is 2. The number of rotatable bonds is 6. The molecule has 0 heterocycles. The second-order valence-electron chi connectivity index (χ2n) is 4.40. The van der Waals surface area contributed by atoms with Gasteiger partial charge in [0.25, 0.3) is 0 Å². The molecule has 0 aliphatic carbocycles. The lowest BCUT2D eigenvalue weighted by Gasteiger charge is -2.06. The minimum absolute atomic E-state index is 0.00403. The summed E-state index contributed by atoms with van der Waals surface area (Å²) in [7, 11) is 0. The summed E-state index contributed by atoms with van der Waals surface area (Å²) in [5.41, 5.74) is 13.9. The molecule has 4 heteroatoms. The third-order valence-corrected chi connectivity index (χ3v) is 2.65. The number of benzene rings is 1. The van der Waals surface area contributed by atoms with Gasteiger partial charge in [-0.1, -0.05) is 49.6 Å². The van der Waals surface area contributed by atoms with Gasteiger partial charge >= 0.3 is 0 Å². The van der Waals surface area contributed by atoms with Crippen LogP contribution in [0.1, 0.15) is 43.7 Å². The molecule has 18 heavy (non-hydrogen) atoms. The average Bonchev–Trinajstić information content (AvgIpc) is 2.33. The van der Waals surface area contributed by atoms with Crippen molar-refractivity contribution in [2.75, 3.05) is 0 Å². The van der Waals surface area contributed by atoms with E-state index < -0.39 is 0 Å². The van der Waals surface area contributed by atoms with Gasteiger partial charge in [0.1, 0.15) is 0 Å². The first kappa shape index (κ1) is 14.2. The first-order valence-electron chi connectivity index (χ1n) is 6.36. The van der Waals surface area contributed by atoms with Crippen molar-refractivity contribution in [3.63, 3.8) is 0 Å². The molecular weight excluding hydrogens is 224 g/mol. The van der Waals surface area contributed by atoms with Crippen molar-refractivity contribution in [1.82, 2.24) is 0 Å². The zero-order chi connectivity index (χ0) is 13.4. The summed E-state index contributed by atoms with van der Waals surface area (Å²) in [5, 5.41) is 7.93. The Labute approximate surface area is 109 Å². The van der Waals surface area contributed by atoms with E-state index in [1.54, 1.807) is 0 Å². The van der Waals surface area contributed by atoms with E-state index in [1.165, 1.54) is 18.4 Å². The van der Waals surface area contributed by atoms with Crippen molar-refractivity contribution < 1.29 is 0 Å². The number of nitrogens with two attached hydrogens (primary N) is 2. The molecule has 0 saturated heterocycles. The van der Waals surface area contributed by atoms with E-state index in [4.69, 9.17) is 11.5 Å². The van der Waals surface area contributed by atoms with Gasteiger partial charge in [0.05, 0.1) is 5.71 Å². The van der Waals surface area contributed by atoms with Crippen molar-refractivity contribution >= 4 is 11.7 Å². The Balaban J connectivity index is 2.89. The predicted octanol–water partition coefficient (Wildman–Crippen LogP) is 2.55. The normalized spacial score (nSPS) is 11.3. The largest absolute Gasteiger partial charge is 0.369 e. The zero-order valence-corrected chi connectivity index (χ0v) is 11.2. The van der Waals surface area contributed by atoms with Crippen LogP contribution in [0.25, 0.3) is 0 Å². The number of nitrogens with zero attached hydrogens (tertiary/aromatic N) is 2. The third kappa shape index (κ3) is 4.99. The minimum Gasteiger partial charge on any atom is -0.369 e. The van der Waals surface area contributed by atoms with Gasteiger partial charge in [0.15, 0.2) is 0 Å². The Morgan fingerprint density at radius 3 is 2.56 bits per heavy atom. The fourth-order valence-corrected chi connectivity index (χ4v) is 1.74. The van der Waals surface area contributed by atoms with Crippen LogP contribution in [0.5, 0.6) is 0 Å². The second kappa shape index (κ2) is 7.48. The lowest BCUT2D eigenvalue weighted by atomic mass is 10.0. The van der Waals surface area contributed by atoms with Crippen LogP contribution in [0.3, 0.4) is 0 Å². The monoisotopic (exact) mass is 246 g/mol. The van der Waals surface area contributed by atoms with Gasteiger partial charge in [0.2, 0.25) is 5.96 Å². The molecule has 0 amide bonds. The molecule has 0 bridgehead atoms. The maximum absolute atomic E-state index is 5.32. The molecule has 4 N–H and O–H groups in total. The van der Waals surface area contributed by atoms with Crippen LogP contribution < -0.4 is 11.5 Å². The van der Waals surface area contributed by atoms with Gasteiger partial charge in [0, 0.05) is 0 Å². The fraction of sp³-hybridized carbons (Fsp3) is 0.429. The van der Waals surface area contributed by atoms with Crippen LogP contribution in [0.15, 0.2) is 34.5 Å². The Morgan fingerprint density at radius 1 is 1.17 bits per heavy atom. The smallest absolute Gasteiger partial charge is 0.211 e. The van der Waals surface area contributed by atoms with Gasteiger partial charge in [-0.05, 0) is 25.3 Å². The highest BCUT2D eigenvalue weighted by molar-refractivity contribution is 6.00. The predicted molar refractivity (Wildman–Crippen MR) is 77.7 cm³/mol. The van der Waals surface area contributed by atoms with E-state index in [9.17, 15) is 0 Å². The number of unbranched alkanes of at least 4 members (excludes halogenated alkanes) is 2. The average molecular weight is 246 g/mol. The second-order valence-corrected chi connectivity index (χ2v) is 4.40. The maximum Gasteiger partial charge on any atom is 0.211 e. The molecule has 1 aromatic carbocycles. The Hall–Kier alpha value is -1.84. The van der Waals surface area contributed by atoms with Crippen LogP contribution in [0.2, 0.25) is 0 Å². The van der Waals surface area contributed by atoms with E-state index in [2.05, 4.69) is 36.2 Å². The molecule has 0 fully saturated rings. The third-order valence-electron chi connectivity index (χ3n) is 2.65. The van der Waals surface area contributed by atoms with E-state index in [0.29, 0.717) is 0 Å².